The first-order valence-electron chi connectivity index (χ1n) is 12.0. The smallest absolute Gasteiger partial charge is 0.307 e. The molecule has 1 amide bonds. The molecule has 1 unspecified atom stereocenters. The Hall–Kier alpha value is -2.77. The predicted octanol–water partition coefficient (Wildman–Crippen LogP) is 5.06. The number of hydrogen-bond acceptors (Lipinski definition) is 7. The number of nitrogens with one attached hydrogen (secondary N) is 1. The summed E-state index contributed by atoms with van der Waals surface area (Å²) in [5.41, 5.74) is 0.457. The van der Waals surface area contributed by atoms with E-state index in [9.17, 15) is 9.59 Å². The lowest BCUT2D eigenvalue weighted by Gasteiger charge is -2.23. The number of aromatic nitrogens is 3. The van der Waals surface area contributed by atoms with Crippen molar-refractivity contribution in [1.29, 1.82) is 0 Å². The molecule has 180 valence electrons. The lowest BCUT2D eigenvalue weighted by atomic mass is 9.84. The Morgan fingerprint density at radius 3 is 2.67 bits per heavy atom. The number of ether oxygens (including phenoxy) is 1. The molecule has 8 heteroatoms. The van der Waals surface area contributed by atoms with Gasteiger partial charge in [0.2, 0.25) is 11.7 Å². The summed E-state index contributed by atoms with van der Waals surface area (Å²) in [6.07, 6.45) is 12.8. The van der Waals surface area contributed by atoms with Crippen LogP contribution in [0.2, 0.25) is 0 Å². The number of carbonyl (C=O) groups excluding carboxylic acids is 2. The van der Waals surface area contributed by atoms with Crippen LogP contribution in [-0.2, 0) is 9.53 Å². The highest BCUT2D eigenvalue weighted by Gasteiger charge is 2.26. The molecular formula is C25H36N4O4. The van der Waals surface area contributed by atoms with Crippen molar-refractivity contribution in [3.63, 3.8) is 0 Å². The van der Waals surface area contributed by atoms with E-state index in [0.29, 0.717) is 22.8 Å². The number of hydrogen-bond donors (Lipinski definition) is 1. The third-order valence-electron chi connectivity index (χ3n) is 6.00. The van der Waals surface area contributed by atoms with Crippen LogP contribution >= 0.6 is 0 Å². The molecule has 0 aliphatic heterocycles. The molecule has 2 aromatic rings. The van der Waals surface area contributed by atoms with Crippen molar-refractivity contribution in [1.82, 2.24) is 20.4 Å². The van der Waals surface area contributed by atoms with Gasteiger partial charge in [-0.05, 0) is 39.2 Å². The second-order valence-electron chi connectivity index (χ2n) is 9.92. The van der Waals surface area contributed by atoms with Crippen LogP contribution in [0.3, 0.4) is 0 Å². The molecule has 2 heterocycles. The third kappa shape index (κ3) is 7.65. The summed E-state index contributed by atoms with van der Waals surface area (Å²) in [7, 11) is 1.57. The number of pyridine rings is 1. The van der Waals surface area contributed by atoms with Gasteiger partial charge in [-0.3, -0.25) is 14.6 Å². The highest BCUT2D eigenvalue weighted by atomic mass is 16.6. The van der Waals surface area contributed by atoms with Crippen molar-refractivity contribution >= 4 is 11.9 Å². The van der Waals surface area contributed by atoms with Crippen molar-refractivity contribution in [2.75, 3.05) is 7.05 Å². The first-order valence-corrected chi connectivity index (χ1v) is 12.0. The van der Waals surface area contributed by atoms with E-state index >= 15 is 0 Å². The number of amides is 1. The number of esters is 1. The molecule has 0 bridgehead atoms. The van der Waals surface area contributed by atoms with Crippen molar-refractivity contribution in [2.45, 2.75) is 90.1 Å². The molecule has 1 fully saturated rings. The fourth-order valence-corrected chi connectivity index (χ4v) is 4.37. The van der Waals surface area contributed by atoms with E-state index in [1.165, 1.54) is 38.3 Å². The zero-order valence-electron chi connectivity index (χ0n) is 20.2. The molecule has 1 aliphatic carbocycles. The van der Waals surface area contributed by atoms with Gasteiger partial charge in [-0.2, -0.15) is 4.98 Å². The van der Waals surface area contributed by atoms with Gasteiger partial charge in [0.15, 0.2) is 0 Å². The Bertz CT molecular complexity index is 928. The largest absolute Gasteiger partial charge is 0.460 e. The Labute approximate surface area is 195 Å². The summed E-state index contributed by atoms with van der Waals surface area (Å²) < 4.78 is 11.1. The van der Waals surface area contributed by atoms with Gasteiger partial charge in [-0.1, -0.05) is 50.1 Å². The van der Waals surface area contributed by atoms with Gasteiger partial charge in [-0.25, -0.2) is 0 Å². The highest BCUT2D eigenvalue weighted by molar-refractivity contribution is 5.94. The molecule has 8 nitrogen and oxygen atoms in total. The quantitative estimate of drug-likeness (QED) is 0.526. The first kappa shape index (κ1) is 24.9. The van der Waals surface area contributed by atoms with Crippen molar-refractivity contribution in [3.8, 4) is 11.4 Å². The predicted molar refractivity (Wildman–Crippen MR) is 125 cm³/mol. The van der Waals surface area contributed by atoms with Crippen molar-refractivity contribution in [2.24, 2.45) is 5.92 Å². The van der Waals surface area contributed by atoms with E-state index in [4.69, 9.17) is 9.26 Å². The Morgan fingerprint density at radius 1 is 1.21 bits per heavy atom. The average Bonchev–Trinajstić information content (AvgIpc) is 3.28. The van der Waals surface area contributed by atoms with Crippen LogP contribution < -0.4 is 5.32 Å². The van der Waals surface area contributed by atoms with Crippen LogP contribution in [0.1, 0.15) is 101 Å². The number of rotatable bonds is 9. The molecule has 3 rings (SSSR count). The van der Waals surface area contributed by atoms with E-state index < -0.39 is 5.60 Å². The molecule has 0 radical (unpaired) electrons. The SMILES string of the molecule is CNC(=O)c1cncc(-c2noc(C(CCCC3CCCCC3)CC(=O)OC(C)(C)C)n2)c1. The van der Waals surface area contributed by atoms with Gasteiger partial charge in [0.1, 0.15) is 5.60 Å². The summed E-state index contributed by atoms with van der Waals surface area (Å²) >= 11 is 0. The molecule has 33 heavy (non-hydrogen) atoms. The number of nitrogens with zero attached hydrogens (tertiary/aromatic N) is 3. The second kappa shape index (κ2) is 11.4. The van der Waals surface area contributed by atoms with Crippen LogP contribution in [0.5, 0.6) is 0 Å². The summed E-state index contributed by atoms with van der Waals surface area (Å²) in [5.74, 6) is 0.832. The minimum Gasteiger partial charge on any atom is -0.460 e. The lowest BCUT2D eigenvalue weighted by Crippen LogP contribution is -2.25. The molecule has 2 aromatic heterocycles. The maximum absolute atomic E-state index is 12.6. The van der Waals surface area contributed by atoms with E-state index in [1.54, 1.807) is 19.3 Å². The molecule has 0 saturated heterocycles. The fourth-order valence-electron chi connectivity index (χ4n) is 4.37. The average molecular weight is 457 g/mol. The monoisotopic (exact) mass is 456 g/mol. The Morgan fingerprint density at radius 2 is 1.97 bits per heavy atom. The summed E-state index contributed by atoms with van der Waals surface area (Å²) in [4.78, 5) is 33.2. The maximum Gasteiger partial charge on any atom is 0.307 e. The highest BCUT2D eigenvalue weighted by Crippen LogP contribution is 2.32. The molecule has 1 N–H and O–H groups in total. The zero-order chi connectivity index (χ0) is 23.8. The van der Waals surface area contributed by atoms with E-state index in [2.05, 4.69) is 20.4 Å². The first-order chi connectivity index (χ1) is 15.7. The van der Waals surface area contributed by atoms with Crippen LogP contribution in [0.15, 0.2) is 23.0 Å². The molecule has 1 atom stereocenters. The summed E-state index contributed by atoms with van der Waals surface area (Å²) in [6.45, 7) is 5.58. The molecular weight excluding hydrogens is 420 g/mol. The van der Waals surface area contributed by atoms with E-state index in [0.717, 1.165) is 25.2 Å². The van der Waals surface area contributed by atoms with Crippen molar-refractivity contribution in [3.05, 3.63) is 29.9 Å². The normalized spacial score (nSPS) is 15.8. The third-order valence-corrected chi connectivity index (χ3v) is 6.00. The Kier molecular flexibility index (Phi) is 8.58. The van der Waals surface area contributed by atoms with Gasteiger partial charge in [0.05, 0.1) is 12.0 Å². The van der Waals surface area contributed by atoms with E-state index in [1.807, 2.05) is 20.8 Å². The van der Waals surface area contributed by atoms with Crippen LogP contribution in [-0.4, -0.2) is 39.6 Å². The van der Waals surface area contributed by atoms with Gasteiger partial charge < -0.3 is 14.6 Å². The van der Waals surface area contributed by atoms with Gasteiger partial charge in [-0.15, -0.1) is 0 Å². The number of carbonyl (C=O) groups is 2. The van der Waals surface area contributed by atoms with Crippen LogP contribution in [0.4, 0.5) is 0 Å². The Balaban J connectivity index is 1.73. The molecule has 1 saturated carbocycles. The van der Waals surface area contributed by atoms with Crippen LogP contribution in [0.25, 0.3) is 11.4 Å². The van der Waals surface area contributed by atoms with Gasteiger partial charge in [0.25, 0.3) is 5.91 Å². The molecule has 1 aliphatic rings. The summed E-state index contributed by atoms with van der Waals surface area (Å²) in [6, 6.07) is 1.67. The molecule has 0 spiro atoms. The maximum atomic E-state index is 12.6. The van der Waals surface area contributed by atoms with Gasteiger partial charge >= 0.3 is 5.97 Å². The second-order valence-corrected chi connectivity index (χ2v) is 9.92. The van der Waals surface area contributed by atoms with Crippen LogP contribution in [0, 0.1) is 5.92 Å². The standard InChI is InChI=1S/C25H36N4O4/c1-25(2,3)32-21(30)14-18(12-8-11-17-9-6-5-7-10-17)24-28-22(29-33-24)19-13-20(16-27-15-19)23(31)26-4/h13,15-18H,5-12,14H2,1-4H3,(H,26,31). The minimum absolute atomic E-state index is 0.195. The van der Waals surface area contributed by atoms with Crippen molar-refractivity contribution < 1.29 is 18.8 Å². The van der Waals surface area contributed by atoms with Gasteiger partial charge in [0, 0.05) is 30.9 Å². The molecule has 0 aromatic carbocycles. The van der Waals surface area contributed by atoms with E-state index in [-0.39, 0.29) is 24.2 Å². The zero-order valence-corrected chi connectivity index (χ0v) is 20.2. The lowest BCUT2D eigenvalue weighted by molar-refractivity contribution is -0.155. The summed E-state index contributed by atoms with van der Waals surface area (Å²) in [5, 5.41) is 6.68. The minimum atomic E-state index is -0.546. The fraction of sp³-hybridized carbons (Fsp3) is 0.640. The topological polar surface area (TPSA) is 107 Å².